The number of nitrogens with one attached hydrogen (secondary N) is 1. The fourth-order valence-electron chi connectivity index (χ4n) is 1.75. The zero-order chi connectivity index (χ0) is 14.4. The lowest BCUT2D eigenvalue weighted by Gasteiger charge is -2.12. The van der Waals surface area contributed by atoms with Crippen LogP contribution in [0.4, 0.5) is 5.69 Å². The van der Waals surface area contributed by atoms with Crippen molar-refractivity contribution >= 4 is 23.0 Å². The number of hydrogen-bond donors (Lipinski definition) is 2. The summed E-state index contributed by atoms with van der Waals surface area (Å²) in [5, 5.41) is 3.05. The molecule has 104 valence electrons. The third-order valence-corrected chi connectivity index (χ3v) is 2.78. The van der Waals surface area contributed by atoms with Crippen molar-refractivity contribution in [2.24, 2.45) is 5.73 Å². The normalized spacial score (nSPS) is 9.85. The second-order valence-electron chi connectivity index (χ2n) is 4.13. The quantitative estimate of drug-likeness (QED) is 0.829. The average molecular weight is 288 g/mol. The number of hydrogen-bond acceptors (Lipinski definition) is 3. The maximum absolute atomic E-state index is 5.73. The number of anilines is 1. The van der Waals surface area contributed by atoms with E-state index in [0.717, 1.165) is 5.56 Å². The molecule has 0 aliphatic carbocycles. The molecule has 2 aromatic carbocycles. The molecule has 0 aliphatic rings. The number of thiocarbonyl (C=S) groups is 1. The Morgan fingerprint density at radius 1 is 1.20 bits per heavy atom. The molecular formula is C15H16N2O2S. The van der Waals surface area contributed by atoms with E-state index in [9.17, 15) is 0 Å². The van der Waals surface area contributed by atoms with Crippen LogP contribution in [0.15, 0.2) is 48.5 Å². The van der Waals surface area contributed by atoms with Crippen LogP contribution in [-0.4, -0.2) is 12.2 Å². The monoisotopic (exact) mass is 288 g/mol. The van der Waals surface area contributed by atoms with Crippen molar-refractivity contribution in [1.29, 1.82) is 0 Å². The van der Waals surface area contributed by atoms with Crippen LogP contribution < -0.4 is 20.5 Å². The molecule has 3 N–H and O–H groups in total. The van der Waals surface area contributed by atoms with Crippen LogP contribution in [0.3, 0.4) is 0 Å². The molecule has 0 aromatic heterocycles. The molecule has 0 amide bonds. The first-order valence-corrected chi connectivity index (χ1v) is 6.51. The van der Waals surface area contributed by atoms with Gasteiger partial charge in [0.2, 0.25) is 0 Å². The molecule has 0 heterocycles. The highest BCUT2D eigenvalue weighted by atomic mass is 32.1. The average Bonchev–Trinajstić information content (AvgIpc) is 2.46. The maximum atomic E-state index is 5.73. The van der Waals surface area contributed by atoms with Crippen LogP contribution in [0, 0.1) is 0 Å². The van der Waals surface area contributed by atoms with E-state index < -0.39 is 0 Å². The third-order valence-electron chi connectivity index (χ3n) is 2.68. The number of methoxy groups -OCH3 is 1. The van der Waals surface area contributed by atoms with E-state index in [-0.39, 0.29) is 5.11 Å². The van der Waals surface area contributed by atoms with Crippen molar-refractivity contribution in [3.63, 3.8) is 0 Å². The van der Waals surface area contributed by atoms with Crippen LogP contribution in [0.2, 0.25) is 0 Å². The SMILES string of the molecule is COc1ccc(OCc2ccccc2)cc1NC(N)=S. The molecule has 0 atom stereocenters. The molecule has 0 aliphatic heterocycles. The smallest absolute Gasteiger partial charge is 0.168 e. The van der Waals surface area contributed by atoms with Crippen molar-refractivity contribution in [3.8, 4) is 11.5 Å². The van der Waals surface area contributed by atoms with E-state index in [4.69, 9.17) is 27.4 Å². The zero-order valence-electron chi connectivity index (χ0n) is 11.1. The fraction of sp³-hybridized carbons (Fsp3) is 0.133. The lowest BCUT2D eigenvalue weighted by molar-refractivity contribution is 0.305. The van der Waals surface area contributed by atoms with Crippen LogP contribution in [0.1, 0.15) is 5.56 Å². The van der Waals surface area contributed by atoms with Gasteiger partial charge in [0, 0.05) is 6.07 Å². The molecule has 5 heteroatoms. The van der Waals surface area contributed by atoms with E-state index in [1.165, 1.54) is 0 Å². The van der Waals surface area contributed by atoms with E-state index in [1.54, 1.807) is 19.2 Å². The topological polar surface area (TPSA) is 56.5 Å². The Morgan fingerprint density at radius 2 is 1.95 bits per heavy atom. The fourth-order valence-corrected chi connectivity index (χ4v) is 1.86. The van der Waals surface area contributed by atoms with Gasteiger partial charge in [-0.25, -0.2) is 0 Å². The minimum Gasteiger partial charge on any atom is -0.495 e. The van der Waals surface area contributed by atoms with Crippen LogP contribution >= 0.6 is 12.2 Å². The Hall–Kier alpha value is -2.27. The largest absolute Gasteiger partial charge is 0.495 e. The van der Waals surface area contributed by atoms with Gasteiger partial charge in [-0.05, 0) is 29.9 Å². The van der Waals surface area contributed by atoms with Gasteiger partial charge in [0.05, 0.1) is 12.8 Å². The summed E-state index contributed by atoms with van der Waals surface area (Å²) in [6.07, 6.45) is 0. The van der Waals surface area contributed by atoms with Gasteiger partial charge in [-0.1, -0.05) is 30.3 Å². The Labute approximate surface area is 123 Å². The van der Waals surface area contributed by atoms with Gasteiger partial charge in [-0.2, -0.15) is 0 Å². The van der Waals surface area contributed by atoms with E-state index in [1.807, 2.05) is 36.4 Å². The first-order valence-electron chi connectivity index (χ1n) is 6.10. The molecule has 0 radical (unpaired) electrons. The highest BCUT2D eigenvalue weighted by Crippen LogP contribution is 2.29. The molecule has 4 nitrogen and oxygen atoms in total. The highest BCUT2D eigenvalue weighted by Gasteiger charge is 2.06. The second-order valence-corrected chi connectivity index (χ2v) is 4.57. The minimum atomic E-state index is 0.184. The first kappa shape index (κ1) is 14.1. The van der Waals surface area contributed by atoms with E-state index in [0.29, 0.717) is 23.8 Å². The summed E-state index contributed by atoms with van der Waals surface area (Å²) >= 11 is 4.84. The summed E-state index contributed by atoms with van der Waals surface area (Å²) in [6, 6.07) is 15.4. The van der Waals surface area contributed by atoms with Crippen molar-refractivity contribution in [1.82, 2.24) is 0 Å². The van der Waals surface area contributed by atoms with Gasteiger partial charge in [0.15, 0.2) is 5.11 Å². The maximum Gasteiger partial charge on any atom is 0.168 e. The van der Waals surface area contributed by atoms with Gasteiger partial charge < -0.3 is 20.5 Å². The molecule has 2 rings (SSSR count). The molecule has 2 aromatic rings. The molecule has 0 saturated carbocycles. The van der Waals surface area contributed by atoms with Gasteiger partial charge in [0.25, 0.3) is 0 Å². The Bertz CT molecular complexity index is 588. The highest BCUT2D eigenvalue weighted by molar-refractivity contribution is 7.80. The van der Waals surface area contributed by atoms with Crippen LogP contribution in [0.25, 0.3) is 0 Å². The predicted octanol–water partition coefficient (Wildman–Crippen LogP) is 2.93. The van der Waals surface area contributed by atoms with E-state index in [2.05, 4.69) is 5.32 Å². The third kappa shape index (κ3) is 3.86. The summed E-state index contributed by atoms with van der Waals surface area (Å²) in [5.41, 5.74) is 7.28. The van der Waals surface area contributed by atoms with Crippen molar-refractivity contribution in [3.05, 3.63) is 54.1 Å². The van der Waals surface area contributed by atoms with Gasteiger partial charge in [-0.15, -0.1) is 0 Å². The summed E-state index contributed by atoms with van der Waals surface area (Å²) in [5.74, 6) is 1.37. The number of ether oxygens (including phenoxy) is 2. The predicted molar refractivity (Wildman–Crippen MR) is 84.2 cm³/mol. The van der Waals surface area contributed by atoms with Gasteiger partial charge >= 0.3 is 0 Å². The zero-order valence-corrected chi connectivity index (χ0v) is 11.9. The standard InChI is InChI=1S/C15H16N2O2S/c1-18-14-8-7-12(9-13(14)17-15(16)20)19-10-11-5-3-2-4-6-11/h2-9H,10H2,1H3,(H3,16,17,20). The van der Waals surface area contributed by atoms with E-state index >= 15 is 0 Å². The first-order chi connectivity index (χ1) is 9.69. The van der Waals surface area contributed by atoms with Crippen LogP contribution in [0.5, 0.6) is 11.5 Å². The van der Waals surface area contributed by atoms with Crippen molar-refractivity contribution in [2.45, 2.75) is 6.61 Å². The van der Waals surface area contributed by atoms with Gasteiger partial charge in [-0.3, -0.25) is 0 Å². The molecule has 20 heavy (non-hydrogen) atoms. The summed E-state index contributed by atoms with van der Waals surface area (Å²) in [6.45, 7) is 0.500. The lowest BCUT2D eigenvalue weighted by atomic mass is 10.2. The van der Waals surface area contributed by atoms with Crippen LogP contribution in [-0.2, 0) is 6.61 Å². The Kier molecular flexibility index (Phi) is 4.79. The number of nitrogens with two attached hydrogens (primary N) is 1. The lowest BCUT2D eigenvalue weighted by Crippen LogP contribution is -2.19. The molecular weight excluding hydrogens is 272 g/mol. The second kappa shape index (κ2) is 6.77. The van der Waals surface area contributed by atoms with Crippen molar-refractivity contribution in [2.75, 3.05) is 12.4 Å². The van der Waals surface area contributed by atoms with Crippen molar-refractivity contribution < 1.29 is 9.47 Å². The Balaban J connectivity index is 2.10. The molecule has 0 bridgehead atoms. The number of benzene rings is 2. The molecule has 0 spiro atoms. The Morgan fingerprint density at radius 3 is 2.60 bits per heavy atom. The molecule has 0 fully saturated rings. The molecule has 0 unspecified atom stereocenters. The summed E-state index contributed by atoms with van der Waals surface area (Å²) < 4.78 is 11.0. The molecule has 0 saturated heterocycles. The summed E-state index contributed by atoms with van der Waals surface area (Å²) in [7, 11) is 1.59. The summed E-state index contributed by atoms with van der Waals surface area (Å²) in [4.78, 5) is 0. The minimum absolute atomic E-state index is 0.184. The van der Waals surface area contributed by atoms with Gasteiger partial charge in [0.1, 0.15) is 18.1 Å². The number of rotatable bonds is 5.